The summed E-state index contributed by atoms with van der Waals surface area (Å²) >= 11 is 3.25. The number of thiophene rings is 2. The Balaban J connectivity index is 2.17. The molecule has 0 saturated heterocycles. The van der Waals surface area contributed by atoms with Gasteiger partial charge in [0.1, 0.15) is 5.60 Å². The maximum atomic E-state index is 11.1. The third kappa shape index (κ3) is 3.66. The van der Waals surface area contributed by atoms with Crippen LogP contribution in [-0.4, -0.2) is 17.2 Å². The van der Waals surface area contributed by atoms with E-state index in [-0.39, 0.29) is 5.54 Å². The zero-order valence-electron chi connectivity index (χ0n) is 11.6. The molecule has 0 atom stereocenters. The molecule has 0 saturated carbocycles. The zero-order chi connectivity index (χ0) is 13.9. The minimum atomic E-state index is -0.877. The normalized spacial score (nSPS) is 12.8. The summed E-state index contributed by atoms with van der Waals surface area (Å²) in [5.74, 6) is 0. The maximum Gasteiger partial charge on any atom is 0.117 e. The molecule has 0 radical (unpaired) electrons. The highest BCUT2D eigenvalue weighted by Crippen LogP contribution is 2.35. The Hall–Kier alpha value is -0.680. The van der Waals surface area contributed by atoms with Gasteiger partial charge in [-0.05, 0) is 78.5 Å². The monoisotopic (exact) mass is 295 g/mol. The highest BCUT2D eigenvalue weighted by Gasteiger charge is 2.32. The Morgan fingerprint density at radius 1 is 1.05 bits per heavy atom. The molecule has 0 bridgehead atoms. The van der Waals surface area contributed by atoms with Crippen molar-refractivity contribution in [3.63, 3.8) is 0 Å². The molecular weight excluding hydrogens is 274 g/mol. The van der Waals surface area contributed by atoms with Crippen LogP contribution < -0.4 is 5.32 Å². The van der Waals surface area contributed by atoms with Gasteiger partial charge in [0, 0.05) is 5.54 Å². The van der Waals surface area contributed by atoms with Gasteiger partial charge in [0.2, 0.25) is 0 Å². The molecule has 0 fully saturated rings. The van der Waals surface area contributed by atoms with Gasteiger partial charge in [0.05, 0.1) is 0 Å². The summed E-state index contributed by atoms with van der Waals surface area (Å²) in [6, 6.07) is 4.03. The number of nitrogens with one attached hydrogen (secondary N) is 1. The van der Waals surface area contributed by atoms with Crippen LogP contribution in [0.2, 0.25) is 0 Å². The van der Waals surface area contributed by atoms with Gasteiger partial charge in [-0.15, -0.1) is 0 Å². The second-order valence-corrected chi connectivity index (χ2v) is 7.37. The fraction of sp³-hybridized carbons (Fsp3) is 0.467. The van der Waals surface area contributed by atoms with Gasteiger partial charge < -0.3 is 10.4 Å². The smallest absolute Gasteiger partial charge is 0.117 e. The van der Waals surface area contributed by atoms with Crippen molar-refractivity contribution >= 4 is 22.7 Å². The molecule has 4 heteroatoms. The first-order chi connectivity index (χ1) is 8.92. The molecule has 0 aliphatic rings. The van der Waals surface area contributed by atoms with Crippen LogP contribution in [0.15, 0.2) is 33.7 Å². The zero-order valence-corrected chi connectivity index (χ0v) is 13.3. The maximum absolute atomic E-state index is 11.1. The molecule has 2 aromatic heterocycles. The SMILES string of the molecule is CC(C)(C)NCCC(O)(c1ccsc1)c1ccsc1. The van der Waals surface area contributed by atoms with Crippen LogP contribution in [0.4, 0.5) is 0 Å². The van der Waals surface area contributed by atoms with E-state index in [4.69, 9.17) is 0 Å². The molecule has 0 aromatic carbocycles. The summed E-state index contributed by atoms with van der Waals surface area (Å²) in [6.45, 7) is 7.20. The van der Waals surface area contributed by atoms with Crippen molar-refractivity contribution in [3.05, 3.63) is 44.8 Å². The molecule has 2 N–H and O–H groups in total. The van der Waals surface area contributed by atoms with E-state index < -0.39 is 5.60 Å². The molecule has 0 amide bonds. The highest BCUT2D eigenvalue weighted by molar-refractivity contribution is 7.08. The van der Waals surface area contributed by atoms with E-state index in [1.165, 1.54) is 0 Å². The van der Waals surface area contributed by atoms with Gasteiger partial charge in [-0.3, -0.25) is 0 Å². The number of aliphatic hydroxyl groups is 1. The van der Waals surface area contributed by atoms with Gasteiger partial charge >= 0.3 is 0 Å². The molecule has 19 heavy (non-hydrogen) atoms. The quantitative estimate of drug-likeness (QED) is 0.879. The molecule has 0 spiro atoms. The lowest BCUT2D eigenvalue weighted by Gasteiger charge is -2.29. The van der Waals surface area contributed by atoms with Crippen LogP contribution in [0, 0.1) is 0 Å². The summed E-state index contributed by atoms with van der Waals surface area (Å²) in [5, 5.41) is 22.7. The minimum Gasteiger partial charge on any atom is -0.380 e. The lowest BCUT2D eigenvalue weighted by atomic mass is 9.86. The summed E-state index contributed by atoms with van der Waals surface area (Å²) in [5.41, 5.74) is 1.18. The second-order valence-electron chi connectivity index (χ2n) is 5.81. The predicted octanol–water partition coefficient (Wildman–Crippen LogP) is 3.82. The van der Waals surface area contributed by atoms with Crippen molar-refractivity contribution in [2.75, 3.05) is 6.54 Å². The lowest BCUT2D eigenvalue weighted by molar-refractivity contribution is 0.0701. The molecule has 2 rings (SSSR count). The summed E-state index contributed by atoms with van der Waals surface area (Å²) in [4.78, 5) is 0. The van der Waals surface area contributed by atoms with Crippen molar-refractivity contribution in [2.45, 2.75) is 38.3 Å². The van der Waals surface area contributed by atoms with Gasteiger partial charge in [0.25, 0.3) is 0 Å². The van der Waals surface area contributed by atoms with Crippen molar-refractivity contribution < 1.29 is 5.11 Å². The van der Waals surface area contributed by atoms with Gasteiger partial charge in [-0.25, -0.2) is 0 Å². The third-order valence-electron chi connectivity index (χ3n) is 3.14. The van der Waals surface area contributed by atoms with E-state index in [0.717, 1.165) is 17.7 Å². The molecule has 2 nitrogen and oxygen atoms in total. The fourth-order valence-corrected chi connectivity index (χ4v) is 3.52. The van der Waals surface area contributed by atoms with Crippen molar-refractivity contribution in [3.8, 4) is 0 Å². The Bertz CT molecular complexity index is 448. The number of rotatable bonds is 5. The van der Waals surface area contributed by atoms with Crippen LogP contribution in [-0.2, 0) is 5.60 Å². The Labute approximate surface area is 123 Å². The molecule has 0 unspecified atom stereocenters. The van der Waals surface area contributed by atoms with Crippen LogP contribution in [0.3, 0.4) is 0 Å². The first-order valence-corrected chi connectivity index (χ1v) is 8.33. The molecule has 104 valence electrons. The summed E-state index contributed by atoms with van der Waals surface area (Å²) in [6.07, 6.45) is 0.678. The number of hydrogen-bond acceptors (Lipinski definition) is 4. The minimum absolute atomic E-state index is 0.0736. The van der Waals surface area contributed by atoms with Crippen LogP contribution in [0.25, 0.3) is 0 Å². The van der Waals surface area contributed by atoms with E-state index in [1.807, 2.05) is 33.7 Å². The second kappa shape index (κ2) is 5.75. The Morgan fingerprint density at radius 3 is 1.95 bits per heavy atom. The van der Waals surface area contributed by atoms with E-state index in [0.29, 0.717) is 6.42 Å². The molecular formula is C15H21NOS2. The highest BCUT2D eigenvalue weighted by atomic mass is 32.1. The van der Waals surface area contributed by atoms with Crippen LogP contribution in [0.5, 0.6) is 0 Å². The average molecular weight is 295 g/mol. The molecule has 2 aromatic rings. The largest absolute Gasteiger partial charge is 0.380 e. The van der Waals surface area contributed by atoms with Gasteiger partial charge in [-0.1, -0.05) is 0 Å². The first-order valence-electron chi connectivity index (χ1n) is 6.44. The summed E-state index contributed by atoms with van der Waals surface area (Å²) in [7, 11) is 0. The van der Waals surface area contributed by atoms with Crippen LogP contribution >= 0.6 is 22.7 Å². The first kappa shape index (κ1) is 14.7. The Morgan fingerprint density at radius 2 is 1.58 bits per heavy atom. The van der Waals surface area contributed by atoms with E-state index >= 15 is 0 Å². The van der Waals surface area contributed by atoms with Crippen molar-refractivity contribution in [1.82, 2.24) is 5.32 Å². The summed E-state index contributed by atoms with van der Waals surface area (Å²) < 4.78 is 0. The molecule has 0 aliphatic heterocycles. The van der Waals surface area contributed by atoms with E-state index in [9.17, 15) is 5.11 Å². The molecule has 2 heterocycles. The van der Waals surface area contributed by atoms with Gasteiger partial charge in [-0.2, -0.15) is 22.7 Å². The standard InChI is InChI=1S/C15H21NOS2/c1-14(2,3)16-7-6-15(17,12-4-8-18-10-12)13-5-9-19-11-13/h4-5,8-11,16-17H,6-7H2,1-3H3. The topological polar surface area (TPSA) is 32.3 Å². The van der Waals surface area contributed by atoms with Crippen molar-refractivity contribution in [2.24, 2.45) is 0 Å². The average Bonchev–Trinajstić information content (AvgIpc) is 3.01. The molecule has 0 aliphatic carbocycles. The van der Waals surface area contributed by atoms with Gasteiger partial charge in [0.15, 0.2) is 0 Å². The van der Waals surface area contributed by atoms with E-state index in [1.54, 1.807) is 22.7 Å². The fourth-order valence-electron chi connectivity index (χ4n) is 2.07. The van der Waals surface area contributed by atoms with E-state index in [2.05, 4.69) is 26.1 Å². The van der Waals surface area contributed by atoms with Crippen molar-refractivity contribution in [1.29, 1.82) is 0 Å². The predicted molar refractivity (Wildman–Crippen MR) is 84.0 cm³/mol. The number of hydrogen-bond donors (Lipinski definition) is 2. The Kier molecular flexibility index (Phi) is 4.46. The third-order valence-corrected chi connectivity index (χ3v) is 4.51. The lowest BCUT2D eigenvalue weighted by Crippen LogP contribution is -2.40. The van der Waals surface area contributed by atoms with Crippen LogP contribution in [0.1, 0.15) is 38.3 Å².